The Labute approximate surface area is 143 Å². The van der Waals surface area contributed by atoms with Crippen LogP contribution in [0.4, 0.5) is 4.79 Å². The van der Waals surface area contributed by atoms with Crippen molar-refractivity contribution in [3.63, 3.8) is 0 Å². The van der Waals surface area contributed by atoms with Crippen molar-refractivity contribution >= 4 is 29.2 Å². The molecule has 0 aliphatic carbocycles. The zero-order valence-corrected chi connectivity index (χ0v) is 15.8. The van der Waals surface area contributed by atoms with Gasteiger partial charge in [-0.3, -0.25) is 9.80 Å². The van der Waals surface area contributed by atoms with Gasteiger partial charge in [-0.1, -0.05) is 37.0 Å². The van der Waals surface area contributed by atoms with Gasteiger partial charge in [-0.2, -0.15) is 0 Å². The number of hydrogen-bond acceptors (Lipinski definition) is 3. The van der Waals surface area contributed by atoms with Crippen LogP contribution in [0.3, 0.4) is 0 Å². The fraction of sp³-hybridized carbons (Fsp3) is 0.933. The van der Waals surface area contributed by atoms with E-state index in [2.05, 4.69) is 0 Å². The van der Waals surface area contributed by atoms with Crippen LogP contribution in [0.2, 0.25) is 0 Å². The summed E-state index contributed by atoms with van der Waals surface area (Å²) in [6.45, 7) is 7.90. The highest BCUT2D eigenvalue weighted by atomic mass is 35.5. The summed E-state index contributed by atoms with van der Waals surface area (Å²) in [6, 6.07) is -0.366. The summed E-state index contributed by atoms with van der Waals surface area (Å²) in [6.07, 6.45) is 1.27. The Morgan fingerprint density at radius 2 is 1.27 bits per heavy atom. The average molecular weight is 355 g/mol. The van der Waals surface area contributed by atoms with Crippen molar-refractivity contribution in [3.8, 4) is 0 Å². The second kappa shape index (κ2) is 8.57. The summed E-state index contributed by atoms with van der Waals surface area (Å²) in [7, 11) is 3.27. The van der Waals surface area contributed by atoms with Crippen LogP contribution in [-0.2, 0) is 9.47 Å². The first kappa shape index (κ1) is 19.8. The molecule has 0 N–H and O–H groups in total. The van der Waals surface area contributed by atoms with Gasteiger partial charge in [0.15, 0.2) is 0 Å². The fourth-order valence-corrected chi connectivity index (χ4v) is 3.78. The number of hydrogen-bond donors (Lipinski definition) is 0. The van der Waals surface area contributed by atoms with Crippen molar-refractivity contribution in [2.75, 3.05) is 14.2 Å². The summed E-state index contributed by atoms with van der Waals surface area (Å²) < 4.78 is 10.8. The lowest BCUT2D eigenvalue weighted by Gasteiger charge is -2.34. The number of urea groups is 1. The molecule has 0 aromatic rings. The van der Waals surface area contributed by atoms with Gasteiger partial charge < -0.3 is 9.47 Å². The summed E-state index contributed by atoms with van der Waals surface area (Å²) in [4.78, 5) is 16.2. The average Bonchev–Trinajstić information content (AvgIpc) is 2.73. The van der Waals surface area contributed by atoms with E-state index in [4.69, 9.17) is 32.7 Å². The number of amides is 2. The molecular formula is C15H28Cl2N2O3. The Kier molecular flexibility index (Phi) is 7.72. The molecule has 5 nitrogen and oxygen atoms in total. The highest BCUT2D eigenvalue weighted by Crippen LogP contribution is 2.35. The van der Waals surface area contributed by atoms with Crippen molar-refractivity contribution in [2.45, 2.75) is 75.8 Å². The van der Waals surface area contributed by atoms with E-state index in [0.717, 1.165) is 12.8 Å². The maximum absolute atomic E-state index is 12.9. The van der Waals surface area contributed by atoms with Gasteiger partial charge in [-0.05, 0) is 26.7 Å². The molecule has 1 saturated heterocycles. The molecule has 0 radical (unpaired) electrons. The van der Waals surface area contributed by atoms with Gasteiger partial charge in [-0.25, -0.2) is 4.79 Å². The predicted molar refractivity (Wildman–Crippen MR) is 89.5 cm³/mol. The highest BCUT2D eigenvalue weighted by Gasteiger charge is 2.50. The molecule has 1 fully saturated rings. The Balaban J connectivity index is 3.08. The van der Waals surface area contributed by atoms with Gasteiger partial charge in [-0.15, -0.1) is 0 Å². The first-order valence-corrected chi connectivity index (χ1v) is 8.67. The zero-order chi connectivity index (χ0) is 17.0. The molecule has 22 heavy (non-hydrogen) atoms. The number of carbonyl (C=O) groups excluding carboxylic acids is 1. The van der Waals surface area contributed by atoms with E-state index < -0.39 is 11.0 Å². The van der Waals surface area contributed by atoms with E-state index in [9.17, 15) is 4.79 Å². The quantitative estimate of drug-likeness (QED) is 0.495. The van der Waals surface area contributed by atoms with Crippen molar-refractivity contribution in [2.24, 2.45) is 0 Å². The number of ether oxygens (including phenoxy) is 2. The maximum Gasteiger partial charge on any atom is 0.323 e. The SMILES string of the molecule is CCC(C(C)OC)N1C(=O)N(C(CC)C(C)OC)C(Cl)C1Cl. The standard InChI is InChI=1S/C15H28Cl2N2O3/c1-7-11(9(3)21-5)18-13(16)14(17)19(15(18)20)12(8-2)10(4)22-6/h9-14H,7-8H2,1-6H3. The molecule has 2 amide bonds. The lowest BCUT2D eigenvalue weighted by Crippen LogP contribution is -2.50. The molecule has 0 aromatic carbocycles. The third-order valence-electron chi connectivity index (χ3n) is 4.58. The van der Waals surface area contributed by atoms with Crippen LogP contribution in [0.25, 0.3) is 0 Å². The highest BCUT2D eigenvalue weighted by molar-refractivity contribution is 6.32. The van der Waals surface area contributed by atoms with Gasteiger partial charge in [0.2, 0.25) is 0 Å². The van der Waals surface area contributed by atoms with Crippen LogP contribution in [0.1, 0.15) is 40.5 Å². The molecule has 130 valence electrons. The summed E-state index contributed by atoms with van der Waals surface area (Å²) in [5.41, 5.74) is -1.18. The molecule has 1 heterocycles. The fourth-order valence-electron chi connectivity index (χ4n) is 3.08. The van der Waals surface area contributed by atoms with E-state index in [-0.39, 0.29) is 30.3 Å². The first-order chi connectivity index (χ1) is 10.3. The molecule has 1 aliphatic rings. The third-order valence-corrected chi connectivity index (χ3v) is 5.61. The third kappa shape index (κ3) is 3.64. The Hall–Kier alpha value is -0.230. The van der Waals surface area contributed by atoms with Crippen molar-refractivity contribution in [1.82, 2.24) is 9.80 Å². The first-order valence-electron chi connectivity index (χ1n) is 7.79. The molecule has 0 saturated carbocycles. The molecule has 0 bridgehead atoms. The summed E-state index contributed by atoms with van der Waals surface area (Å²) in [5.74, 6) is 0. The van der Waals surface area contributed by atoms with Crippen LogP contribution in [-0.4, -0.2) is 65.3 Å². The normalized spacial score (nSPS) is 27.9. The monoisotopic (exact) mass is 354 g/mol. The molecule has 6 atom stereocenters. The minimum atomic E-state index is -0.588. The molecule has 0 spiro atoms. The van der Waals surface area contributed by atoms with Crippen LogP contribution in [0, 0.1) is 0 Å². The van der Waals surface area contributed by atoms with Gasteiger partial charge in [0.05, 0.1) is 24.3 Å². The van der Waals surface area contributed by atoms with E-state index >= 15 is 0 Å². The molecule has 0 aromatic heterocycles. The molecule has 1 rings (SSSR count). The Bertz CT molecular complexity index is 341. The number of rotatable bonds is 8. The molecular weight excluding hydrogens is 327 g/mol. The topological polar surface area (TPSA) is 42.0 Å². The van der Waals surface area contributed by atoms with Gasteiger partial charge in [0, 0.05) is 14.2 Å². The second-order valence-electron chi connectivity index (χ2n) is 5.68. The van der Waals surface area contributed by atoms with Gasteiger partial charge in [0.25, 0.3) is 0 Å². The van der Waals surface area contributed by atoms with Crippen molar-refractivity contribution in [1.29, 1.82) is 0 Å². The minimum absolute atomic E-state index is 0.110. The largest absolute Gasteiger partial charge is 0.380 e. The van der Waals surface area contributed by atoms with E-state index in [0.29, 0.717) is 0 Å². The van der Waals surface area contributed by atoms with E-state index in [1.54, 1.807) is 24.0 Å². The lowest BCUT2D eigenvalue weighted by atomic mass is 10.1. The van der Waals surface area contributed by atoms with Crippen LogP contribution in [0.5, 0.6) is 0 Å². The minimum Gasteiger partial charge on any atom is -0.380 e. The Morgan fingerprint density at radius 3 is 1.50 bits per heavy atom. The summed E-state index contributed by atoms with van der Waals surface area (Å²) in [5, 5.41) is 0. The number of methoxy groups -OCH3 is 2. The van der Waals surface area contributed by atoms with E-state index in [1.807, 2.05) is 27.7 Å². The van der Waals surface area contributed by atoms with E-state index in [1.165, 1.54) is 0 Å². The van der Waals surface area contributed by atoms with Gasteiger partial charge in [0.1, 0.15) is 11.0 Å². The Morgan fingerprint density at radius 1 is 0.955 bits per heavy atom. The second-order valence-corrected chi connectivity index (χ2v) is 6.57. The number of nitrogens with zero attached hydrogens (tertiary/aromatic N) is 2. The number of alkyl halides is 2. The van der Waals surface area contributed by atoms with Gasteiger partial charge >= 0.3 is 6.03 Å². The predicted octanol–water partition coefficient (Wildman–Crippen LogP) is 3.48. The van der Waals surface area contributed by atoms with Crippen LogP contribution < -0.4 is 0 Å². The summed E-state index contributed by atoms with van der Waals surface area (Å²) >= 11 is 13.0. The molecule has 1 aliphatic heterocycles. The molecule has 6 unspecified atom stereocenters. The number of halogens is 2. The van der Waals surface area contributed by atoms with Crippen LogP contribution >= 0.6 is 23.2 Å². The molecule has 7 heteroatoms. The smallest absolute Gasteiger partial charge is 0.323 e. The maximum atomic E-state index is 12.9. The lowest BCUT2D eigenvalue weighted by molar-refractivity contribution is 0.0306. The van der Waals surface area contributed by atoms with Crippen LogP contribution in [0.15, 0.2) is 0 Å². The van der Waals surface area contributed by atoms with Crippen molar-refractivity contribution < 1.29 is 14.3 Å². The number of carbonyl (C=O) groups is 1. The zero-order valence-electron chi connectivity index (χ0n) is 14.3. The van der Waals surface area contributed by atoms with Crippen molar-refractivity contribution in [3.05, 3.63) is 0 Å².